The summed E-state index contributed by atoms with van der Waals surface area (Å²) in [4.78, 5) is 4.48. The van der Waals surface area contributed by atoms with Crippen LogP contribution in [-0.4, -0.2) is 31.1 Å². The molecule has 0 radical (unpaired) electrons. The molecular formula is C16H20F3N3O2. The lowest BCUT2D eigenvalue weighted by Gasteiger charge is -2.52. The molecule has 0 amide bonds. The number of para-hydroxylation sites is 2. The van der Waals surface area contributed by atoms with Crippen molar-refractivity contribution in [2.75, 3.05) is 11.9 Å². The second kappa shape index (κ2) is 5.84. The van der Waals surface area contributed by atoms with Crippen LogP contribution in [0.4, 0.5) is 18.9 Å². The molecule has 3 unspecified atom stereocenters. The number of alkyl halides is 3. The van der Waals surface area contributed by atoms with Gasteiger partial charge >= 0.3 is 6.36 Å². The van der Waals surface area contributed by atoms with E-state index in [4.69, 9.17) is 10.5 Å². The third-order valence-corrected chi connectivity index (χ3v) is 4.69. The van der Waals surface area contributed by atoms with Gasteiger partial charge < -0.3 is 20.5 Å². The summed E-state index contributed by atoms with van der Waals surface area (Å²) < 4.78 is 47.1. The van der Waals surface area contributed by atoms with Gasteiger partial charge in [0.2, 0.25) is 0 Å². The minimum Gasteiger partial charge on any atom is -0.404 e. The lowest BCUT2D eigenvalue weighted by atomic mass is 9.57. The summed E-state index contributed by atoms with van der Waals surface area (Å²) in [6, 6.07) is 5.70. The van der Waals surface area contributed by atoms with Crippen LogP contribution >= 0.6 is 0 Å². The van der Waals surface area contributed by atoms with Crippen molar-refractivity contribution in [2.24, 2.45) is 22.1 Å². The molecule has 0 bridgehead atoms. The molecule has 2 aliphatic rings. The fourth-order valence-corrected chi connectivity index (χ4v) is 3.66. The van der Waals surface area contributed by atoms with Gasteiger partial charge in [-0.3, -0.25) is 0 Å². The SMILES string of the molecule is CC1(C)C(N=C(N)Nc2ccccc2OC(F)(F)F)C2CCOC21. The zero-order valence-corrected chi connectivity index (χ0v) is 13.4. The molecule has 0 spiro atoms. The number of anilines is 1. The van der Waals surface area contributed by atoms with Crippen LogP contribution in [0.3, 0.4) is 0 Å². The number of halogens is 3. The molecule has 1 aliphatic heterocycles. The Balaban J connectivity index is 1.75. The van der Waals surface area contributed by atoms with Gasteiger partial charge in [0.15, 0.2) is 11.7 Å². The lowest BCUT2D eigenvalue weighted by molar-refractivity contribution is -0.274. The summed E-state index contributed by atoms with van der Waals surface area (Å²) in [5.74, 6) is 0.0248. The molecule has 1 saturated heterocycles. The predicted octanol–water partition coefficient (Wildman–Crippen LogP) is 3.13. The maximum atomic E-state index is 12.5. The van der Waals surface area contributed by atoms with E-state index in [1.54, 1.807) is 6.07 Å². The van der Waals surface area contributed by atoms with Crippen LogP contribution in [0.15, 0.2) is 29.3 Å². The standard InChI is InChI=1S/C16H20F3N3O2/c1-15(2)12(9-7-8-23-13(9)15)22-14(20)21-10-5-3-4-6-11(10)24-16(17,18)19/h3-6,9,12-13H,7-8H2,1-2H3,(H3,20,21,22). The molecule has 8 heteroatoms. The molecule has 3 atom stereocenters. The number of hydrogen-bond acceptors (Lipinski definition) is 3. The maximum Gasteiger partial charge on any atom is 0.573 e. The Labute approximate surface area is 138 Å². The number of nitrogens with zero attached hydrogens (tertiary/aromatic N) is 1. The van der Waals surface area contributed by atoms with Gasteiger partial charge in [-0.1, -0.05) is 26.0 Å². The summed E-state index contributed by atoms with van der Waals surface area (Å²) in [6.07, 6.45) is -3.68. The first-order chi connectivity index (χ1) is 11.2. The number of benzene rings is 1. The number of fused-ring (bicyclic) bond motifs is 1. The van der Waals surface area contributed by atoms with E-state index in [0.29, 0.717) is 12.5 Å². The van der Waals surface area contributed by atoms with Crippen molar-refractivity contribution in [3.8, 4) is 5.75 Å². The van der Waals surface area contributed by atoms with E-state index >= 15 is 0 Å². The van der Waals surface area contributed by atoms with E-state index in [1.807, 2.05) is 0 Å². The van der Waals surface area contributed by atoms with Crippen LogP contribution in [-0.2, 0) is 4.74 Å². The molecule has 1 aromatic carbocycles. The molecule has 1 aliphatic carbocycles. The lowest BCUT2D eigenvalue weighted by Crippen LogP contribution is -2.59. The highest BCUT2D eigenvalue weighted by Gasteiger charge is 2.59. The predicted molar refractivity (Wildman–Crippen MR) is 83.8 cm³/mol. The van der Waals surface area contributed by atoms with E-state index in [1.165, 1.54) is 18.2 Å². The van der Waals surface area contributed by atoms with E-state index in [-0.39, 0.29) is 35.0 Å². The summed E-state index contributed by atoms with van der Waals surface area (Å²) in [5, 5.41) is 2.71. The Hall–Kier alpha value is -1.96. The number of nitrogens with two attached hydrogens (primary N) is 1. The first kappa shape index (κ1) is 16.9. The zero-order valence-electron chi connectivity index (χ0n) is 13.4. The molecule has 24 heavy (non-hydrogen) atoms. The molecule has 5 nitrogen and oxygen atoms in total. The topological polar surface area (TPSA) is 68.9 Å². The second-order valence-corrected chi connectivity index (χ2v) is 6.69. The van der Waals surface area contributed by atoms with E-state index in [2.05, 4.69) is 28.9 Å². The number of rotatable bonds is 3. The highest BCUT2D eigenvalue weighted by atomic mass is 19.4. The van der Waals surface area contributed by atoms with Crippen LogP contribution in [0.25, 0.3) is 0 Å². The van der Waals surface area contributed by atoms with Gasteiger partial charge in [0, 0.05) is 17.9 Å². The number of hydrogen-bond donors (Lipinski definition) is 2. The van der Waals surface area contributed by atoms with Crippen LogP contribution < -0.4 is 15.8 Å². The Morgan fingerprint density at radius 2 is 2.08 bits per heavy atom. The van der Waals surface area contributed by atoms with Crippen LogP contribution in [0.1, 0.15) is 20.3 Å². The van der Waals surface area contributed by atoms with E-state index < -0.39 is 6.36 Å². The highest BCUT2D eigenvalue weighted by molar-refractivity contribution is 5.93. The molecule has 132 valence electrons. The Bertz CT molecular complexity index is 646. The van der Waals surface area contributed by atoms with Crippen molar-refractivity contribution in [1.82, 2.24) is 0 Å². The van der Waals surface area contributed by atoms with Crippen molar-refractivity contribution in [2.45, 2.75) is 38.8 Å². The maximum absolute atomic E-state index is 12.5. The molecule has 1 heterocycles. The number of nitrogens with one attached hydrogen (secondary N) is 1. The summed E-state index contributed by atoms with van der Waals surface area (Å²) in [6.45, 7) is 4.82. The van der Waals surface area contributed by atoms with Crippen LogP contribution in [0.2, 0.25) is 0 Å². The molecule has 0 aromatic heterocycles. The summed E-state index contributed by atoms with van der Waals surface area (Å²) >= 11 is 0. The third-order valence-electron chi connectivity index (χ3n) is 4.69. The minimum atomic E-state index is -4.77. The van der Waals surface area contributed by atoms with Gasteiger partial charge in [-0.2, -0.15) is 0 Å². The van der Waals surface area contributed by atoms with Crippen molar-refractivity contribution in [3.05, 3.63) is 24.3 Å². The van der Waals surface area contributed by atoms with Crippen molar-refractivity contribution in [3.63, 3.8) is 0 Å². The highest BCUT2D eigenvalue weighted by Crippen LogP contribution is 2.53. The molecule has 2 fully saturated rings. The van der Waals surface area contributed by atoms with Crippen molar-refractivity contribution in [1.29, 1.82) is 0 Å². The molecule has 3 N–H and O–H groups in total. The Morgan fingerprint density at radius 3 is 2.79 bits per heavy atom. The minimum absolute atomic E-state index is 0.0202. The Kier molecular flexibility index (Phi) is 4.11. The van der Waals surface area contributed by atoms with Gasteiger partial charge in [0.1, 0.15) is 0 Å². The number of aliphatic imine (C=N–C) groups is 1. The van der Waals surface area contributed by atoms with Crippen molar-refractivity contribution >= 4 is 11.6 Å². The quantitative estimate of drug-likeness (QED) is 0.654. The van der Waals surface area contributed by atoms with Crippen LogP contribution in [0, 0.1) is 11.3 Å². The monoisotopic (exact) mass is 343 g/mol. The van der Waals surface area contributed by atoms with Gasteiger partial charge in [0.25, 0.3) is 0 Å². The fourth-order valence-electron chi connectivity index (χ4n) is 3.66. The van der Waals surface area contributed by atoms with Gasteiger partial charge in [-0.15, -0.1) is 13.2 Å². The smallest absolute Gasteiger partial charge is 0.404 e. The van der Waals surface area contributed by atoms with E-state index in [0.717, 1.165) is 6.42 Å². The molecule has 1 aromatic rings. The number of ether oxygens (including phenoxy) is 2. The Morgan fingerprint density at radius 1 is 1.38 bits per heavy atom. The first-order valence-electron chi connectivity index (χ1n) is 7.75. The van der Waals surface area contributed by atoms with Crippen LogP contribution in [0.5, 0.6) is 5.75 Å². The molecule has 3 rings (SSSR count). The average molecular weight is 343 g/mol. The fraction of sp³-hybridized carbons (Fsp3) is 0.562. The van der Waals surface area contributed by atoms with Gasteiger partial charge in [-0.25, -0.2) is 4.99 Å². The average Bonchev–Trinajstić information content (AvgIpc) is 2.92. The largest absolute Gasteiger partial charge is 0.573 e. The zero-order chi connectivity index (χ0) is 17.5. The second-order valence-electron chi connectivity index (χ2n) is 6.69. The van der Waals surface area contributed by atoms with E-state index in [9.17, 15) is 13.2 Å². The van der Waals surface area contributed by atoms with Crippen molar-refractivity contribution < 1.29 is 22.6 Å². The number of guanidine groups is 1. The normalized spacial score (nSPS) is 28.9. The first-order valence-corrected chi connectivity index (χ1v) is 7.75. The summed E-state index contributed by atoms with van der Waals surface area (Å²) in [7, 11) is 0. The third kappa shape index (κ3) is 3.15. The van der Waals surface area contributed by atoms with Gasteiger partial charge in [0.05, 0.1) is 17.8 Å². The summed E-state index contributed by atoms with van der Waals surface area (Å²) in [5.41, 5.74) is 5.89. The van der Waals surface area contributed by atoms with Gasteiger partial charge in [-0.05, 0) is 18.6 Å². The molecular weight excluding hydrogens is 323 g/mol. The molecule has 1 saturated carbocycles.